The van der Waals surface area contributed by atoms with Crippen LogP contribution in [0.4, 0.5) is 5.69 Å². The Balaban J connectivity index is 1.38. The molecule has 0 atom stereocenters. The molecule has 2 aromatic carbocycles. The second-order valence-corrected chi connectivity index (χ2v) is 9.67. The second-order valence-electron chi connectivity index (χ2n) is 6.74. The third-order valence-corrected chi connectivity index (χ3v) is 7.13. The largest absolute Gasteiger partial charge is 0.459 e. The summed E-state index contributed by atoms with van der Waals surface area (Å²) >= 11 is 3.40. The first-order valence-electron chi connectivity index (χ1n) is 9.16. The maximum atomic E-state index is 12.4. The van der Waals surface area contributed by atoms with E-state index < -0.39 is 10.0 Å². The fraction of sp³-hybridized carbons (Fsp3) is 0.190. The molecule has 1 N–H and O–H groups in total. The lowest BCUT2D eigenvalue weighted by molar-refractivity contribution is 0.0948. The highest BCUT2D eigenvalue weighted by Gasteiger charge is 2.28. The van der Waals surface area contributed by atoms with Crippen LogP contribution in [0.3, 0.4) is 0 Å². The highest BCUT2D eigenvalue weighted by molar-refractivity contribution is 9.10. The first-order chi connectivity index (χ1) is 13.9. The predicted molar refractivity (Wildman–Crippen MR) is 115 cm³/mol. The van der Waals surface area contributed by atoms with Crippen LogP contribution in [0.5, 0.6) is 0 Å². The average molecular weight is 475 g/mol. The summed E-state index contributed by atoms with van der Waals surface area (Å²) in [7, 11) is -3.22. The zero-order chi connectivity index (χ0) is 20.4. The van der Waals surface area contributed by atoms with Crippen molar-refractivity contribution < 1.29 is 17.6 Å². The topological polar surface area (TPSA) is 79.6 Å². The standard InChI is InChI=1S/C21H19BrN2O4S/c22-17-6-2-15(3-7-17)20-11-10-19(28-20)14-23-21(25)16-4-8-18(9-5-16)24-12-1-13-29(24,26)27/h2-11H,1,12-14H2,(H,23,25). The van der Waals surface area contributed by atoms with E-state index in [0.717, 1.165) is 15.8 Å². The van der Waals surface area contributed by atoms with E-state index in [0.29, 0.717) is 30.0 Å². The quantitative estimate of drug-likeness (QED) is 0.601. The molecule has 150 valence electrons. The summed E-state index contributed by atoms with van der Waals surface area (Å²) in [6.45, 7) is 0.741. The van der Waals surface area contributed by atoms with E-state index in [1.807, 2.05) is 36.4 Å². The number of furan rings is 1. The minimum Gasteiger partial charge on any atom is -0.459 e. The van der Waals surface area contributed by atoms with Gasteiger partial charge in [0.1, 0.15) is 11.5 Å². The van der Waals surface area contributed by atoms with Crippen molar-refractivity contribution in [2.75, 3.05) is 16.6 Å². The third-order valence-electron chi connectivity index (χ3n) is 4.73. The third kappa shape index (κ3) is 4.38. The molecule has 4 rings (SSSR count). The Morgan fingerprint density at radius 1 is 1.03 bits per heavy atom. The smallest absolute Gasteiger partial charge is 0.251 e. The number of sulfonamides is 1. The molecule has 1 fully saturated rings. The molecule has 1 aliphatic rings. The fourth-order valence-electron chi connectivity index (χ4n) is 3.22. The van der Waals surface area contributed by atoms with Gasteiger partial charge >= 0.3 is 0 Å². The molecule has 0 radical (unpaired) electrons. The molecule has 29 heavy (non-hydrogen) atoms. The van der Waals surface area contributed by atoms with Gasteiger partial charge in [-0.3, -0.25) is 9.10 Å². The maximum Gasteiger partial charge on any atom is 0.251 e. The normalized spacial score (nSPS) is 15.4. The van der Waals surface area contributed by atoms with Gasteiger partial charge in [0.25, 0.3) is 5.91 Å². The molecular formula is C21H19BrN2O4S. The molecule has 0 saturated carbocycles. The van der Waals surface area contributed by atoms with Gasteiger partial charge in [0.05, 0.1) is 18.0 Å². The lowest BCUT2D eigenvalue weighted by Gasteiger charge is -2.17. The molecule has 8 heteroatoms. The number of nitrogens with one attached hydrogen (secondary N) is 1. The summed E-state index contributed by atoms with van der Waals surface area (Å²) in [5.74, 6) is 1.30. The molecule has 6 nitrogen and oxygen atoms in total. The summed E-state index contributed by atoms with van der Waals surface area (Å²) in [5, 5.41) is 2.82. The number of benzene rings is 2. The summed E-state index contributed by atoms with van der Waals surface area (Å²) in [6.07, 6.45) is 0.621. The van der Waals surface area contributed by atoms with E-state index in [1.54, 1.807) is 24.3 Å². The number of nitrogens with zero attached hydrogens (tertiary/aromatic N) is 1. The van der Waals surface area contributed by atoms with E-state index in [2.05, 4.69) is 21.2 Å². The molecule has 0 spiro atoms. The fourth-order valence-corrected chi connectivity index (χ4v) is 5.05. The molecule has 1 aromatic heterocycles. The van der Waals surface area contributed by atoms with Gasteiger partial charge in [0.15, 0.2) is 0 Å². The lowest BCUT2D eigenvalue weighted by atomic mass is 10.2. The van der Waals surface area contributed by atoms with Crippen molar-refractivity contribution in [3.05, 3.63) is 76.5 Å². The van der Waals surface area contributed by atoms with E-state index in [-0.39, 0.29) is 18.2 Å². The first kappa shape index (κ1) is 19.7. The highest BCUT2D eigenvalue weighted by atomic mass is 79.9. The van der Waals surface area contributed by atoms with Crippen molar-refractivity contribution >= 4 is 37.5 Å². The van der Waals surface area contributed by atoms with E-state index in [4.69, 9.17) is 4.42 Å². The van der Waals surface area contributed by atoms with Crippen molar-refractivity contribution in [1.82, 2.24) is 5.32 Å². The number of carbonyl (C=O) groups excluding carboxylic acids is 1. The van der Waals surface area contributed by atoms with Gasteiger partial charge in [-0.25, -0.2) is 8.42 Å². The van der Waals surface area contributed by atoms with Gasteiger partial charge in [-0.1, -0.05) is 28.1 Å². The molecule has 1 saturated heterocycles. The van der Waals surface area contributed by atoms with Crippen LogP contribution in [0, 0.1) is 0 Å². The van der Waals surface area contributed by atoms with Gasteiger partial charge in [0, 0.05) is 22.1 Å². The molecule has 1 amide bonds. The van der Waals surface area contributed by atoms with Crippen LogP contribution in [0.15, 0.2) is 69.6 Å². The Bertz CT molecular complexity index is 1120. The van der Waals surface area contributed by atoms with Crippen molar-refractivity contribution in [2.45, 2.75) is 13.0 Å². The molecular weight excluding hydrogens is 456 g/mol. The molecule has 0 bridgehead atoms. The second kappa shape index (κ2) is 8.04. The van der Waals surface area contributed by atoms with Crippen LogP contribution in [-0.4, -0.2) is 26.6 Å². The zero-order valence-electron chi connectivity index (χ0n) is 15.5. The molecule has 2 heterocycles. The number of halogens is 1. The zero-order valence-corrected chi connectivity index (χ0v) is 17.9. The summed E-state index contributed by atoms with van der Waals surface area (Å²) < 4.78 is 32.2. The number of hydrogen-bond donors (Lipinski definition) is 1. The van der Waals surface area contributed by atoms with Gasteiger partial charge < -0.3 is 9.73 Å². The minimum atomic E-state index is -3.22. The van der Waals surface area contributed by atoms with Crippen molar-refractivity contribution in [3.63, 3.8) is 0 Å². The Morgan fingerprint density at radius 3 is 2.41 bits per heavy atom. The summed E-state index contributed by atoms with van der Waals surface area (Å²) in [4.78, 5) is 12.4. The Kier molecular flexibility index (Phi) is 5.47. The SMILES string of the molecule is O=C(NCc1ccc(-c2ccc(Br)cc2)o1)c1ccc(N2CCCS2(=O)=O)cc1. The number of amides is 1. The lowest BCUT2D eigenvalue weighted by Crippen LogP contribution is -2.25. The monoisotopic (exact) mass is 474 g/mol. The maximum absolute atomic E-state index is 12.4. The number of anilines is 1. The Hall–Kier alpha value is -2.58. The van der Waals surface area contributed by atoms with E-state index in [9.17, 15) is 13.2 Å². The summed E-state index contributed by atoms with van der Waals surface area (Å²) in [5.41, 5.74) is 2.01. The van der Waals surface area contributed by atoms with Crippen LogP contribution in [0.2, 0.25) is 0 Å². The van der Waals surface area contributed by atoms with Crippen LogP contribution in [-0.2, 0) is 16.6 Å². The summed E-state index contributed by atoms with van der Waals surface area (Å²) in [6, 6.07) is 18.1. The van der Waals surface area contributed by atoms with E-state index in [1.165, 1.54) is 4.31 Å². The predicted octanol–water partition coefficient (Wildman–Crippen LogP) is 4.18. The van der Waals surface area contributed by atoms with E-state index >= 15 is 0 Å². The Morgan fingerprint density at radius 2 is 1.76 bits per heavy atom. The number of carbonyl (C=O) groups is 1. The average Bonchev–Trinajstić information content (AvgIpc) is 3.33. The van der Waals surface area contributed by atoms with Crippen molar-refractivity contribution in [1.29, 1.82) is 0 Å². The highest BCUT2D eigenvalue weighted by Crippen LogP contribution is 2.25. The van der Waals surface area contributed by atoms with Crippen molar-refractivity contribution in [2.24, 2.45) is 0 Å². The van der Waals surface area contributed by atoms with Gasteiger partial charge in [-0.05, 0) is 55.0 Å². The van der Waals surface area contributed by atoms with Crippen molar-refractivity contribution in [3.8, 4) is 11.3 Å². The molecule has 0 aliphatic carbocycles. The van der Waals surface area contributed by atoms with Crippen LogP contribution < -0.4 is 9.62 Å². The minimum absolute atomic E-state index is 0.167. The Labute approximate surface area is 177 Å². The molecule has 3 aromatic rings. The molecule has 0 unspecified atom stereocenters. The van der Waals surface area contributed by atoms with Crippen LogP contribution >= 0.6 is 15.9 Å². The number of rotatable bonds is 5. The molecule has 1 aliphatic heterocycles. The first-order valence-corrected chi connectivity index (χ1v) is 11.6. The van der Waals surface area contributed by atoms with Gasteiger partial charge in [-0.15, -0.1) is 0 Å². The van der Waals surface area contributed by atoms with Crippen LogP contribution in [0.1, 0.15) is 22.5 Å². The number of hydrogen-bond acceptors (Lipinski definition) is 4. The van der Waals surface area contributed by atoms with Gasteiger partial charge in [-0.2, -0.15) is 0 Å². The van der Waals surface area contributed by atoms with Crippen LogP contribution in [0.25, 0.3) is 11.3 Å². The van der Waals surface area contributed by atoms with Gasteiger partial charge in [0.2, 0.25) is 10.0 Å².